The molecule has 0 aromatic rings. The molecule has 398 valence electrons. The molecule has 0 bridgehead atoms. The van der Waals surface area contributed by atoms with Gasteiger partial charge < -0.3 is 25.2 Å². The van der Waals surface area contributed by atoms with Crippen LogP contribution in [0.5, 0.6) is 0 Å². The summed E-state index contributed by atoms with van der Waals surface area (Å²) in [5.41, 5.74) is 0. The average molecular weight is 982 g/mol. The Balaban J connectivity index is 3.77. The van der Waals surface area contributed by atoms with Crippen molar-refractivity contribution < 1.29 is 47.8 Å². The summed E-state index contributed by atoms with van der Waals surface area (Å²) in [7, 11) is -4.76. The minimum atomic E-state index is -4.76. The van der Waals surface area contributed by atoms with Gasteiger partial charge in [-0.1, -0.05) is 243 Å². The molecule has 4 N–H and O–H groups in total. The number of carboxylic acid groups (broad SMARTS) is 1. The Morgan fingerprint density at radius 1 is 0.471 bits per heavy atom. The van der Waals surface area contributed by atoms with Crippen molar-refractivity contribution in [3.05, 3.63) is 36.5 Å². The van der Waals surface area contributed by atoms with Crippen molar-refractivity contribution in [2.24, 2.45) is 0 Å². The number of allylic oxidation sites excluding steroid dienone is 6. The second-order valence-electron chi connectivity index (χ2n) is 19.1. The highest BCUT2D eigenvalue weighted by Crippen LogP contribution is 2.43. The first-order valence-electron chi connectivity index (χ1n) is 28.0. The van der Waals surface area contributed by atoms with Crippen molar-refractivity contribution in [3.8, 4) is 0 Å². The number of aliphatic hydroxyl groups excluding tert-OH is 1. The lowest BCUT2D eigenvalue weighted by molar-refractivity contribution is -0.147. The Morgan fingerprint density at radius 2 is 0.809 bits per heavy atom. The minimum absolute atomic E-state index is 0.150. The summed E-state index contributed by atoms with van der Waals surface area (Å²) < 4.78 is 27.0. The maximum absolute atomic E-state index is 12.4. The predicted molar refractivity (Wildman–Crippen MR) is 282 cm³/mol. The summed E-state index contributed by atoms with van der Waals surface area (Å²) in [4.78, 5) is 46.2. The zero-order chi connectivity index (χ0) is 49.9. The lowest BCUT2D eigenvalue weighted by atomic mass is 10.0. The van der Waals surface area contributed by atoms with Gasteiger partial charge in [0.2, 0.25) is 5.91 Å². The van der Waals surface area contributed by atoms with E-state index in [-0.39, 0.29) is 12.8 Å². The zero-order valence-corrected chi connectivity index (χ0v) is 44.6. The van der Waals surface area contributed by atoms with Crippen LogP contribution in [-0.2, 0) is 32.7 Å². The summed E-state index contributed by atoms with van der Waals surface area (Å²) in [5.74, 6) is -2.36. The Morgan fingerprint density at radius 3 is 1.24 bits per heavy atom. The molecule has 0 aromatic heterocycles. The fourth-order valence-electron chi connectivity index (χ4n) is 8.09. The van der Waals surface area contributed by atoms with Gasteiger partial charge in [0, 0.05) is 12.8 Å². The molecule has 0 aliphatic heterocycles. The normalized spacial score (nSPS) is 13.7. The maximum Gasteiger partial charge on any atom is 0.472 e. The lowest BCUT2D eigenvalue weighted by Gasteiger charge is -2.18. The van der Waals surface area contributed by atoms with E-state index in [1.807, 2.05) is 0 Å². The number of aliphatic carboxylic acids is 1. The van der Waals surface area contributed by atoms with Crippen LogP contribution in [0.25, 0.3) is 0 Å². The molecule has 0 saturated heterocycles. The average Bonchev–Trinajstić information content (AvgIpc) is 3.32. The van der Waals surface area contributed by atoms with Gasteiger partial charge in [-0.15, -0.1) is 0 Å². The summed E-state index contributed by atoms with van der Waals surface area (Å²) in [6.07, 6.45) is 58.8. The molecule has 0 heterocycles. The number of nitrogens with one attached hydrogen (secondary N) is 1. The molecule has 0 saturated carbocycles. The van der Waals surface area contributed by atoms with Crippen molar-refractivity contribution >= 4 is 25.7 Å². The second kappa shape index (κ2) is 51.1. The lowest BCUT2D eigenvalue weighted by Crippen LogP contribution is -2.43. The number of rotatable bonds is 53. The van der Waals surface area contributed by atoms with Crippen LogP contribution >= 0.6 is 7.82 Å². The van der Waals surface area contributed by atoms with E-state index < -0.39 is 57.6 Å². The fourth-order valence-corrected chi connectivity index (χ4v) is 8.86. The number of phosphoric acid groups is 1. The standard InChI is InChI=1S/C56H104NO10P/c1-3-5-7-9-11-13-15-17-19-21-23-25-26-28-30-32-34-36-38-40-42-44-46-48-55(60)65-49-52(58)50-66-68(63,64)67-51-53(56(61)62)57-54(59)47-45-43-41-39-37-35-33-31-29-27-24-22-20-18-16-14-12-10-8-6-4-2/h11,13,17,19,23,25,52-53,58H,3-10,12,14-16,18,20-22,24,26-51H2,1-2H3,(H,57,59)(H,61,62)(H,63,64)/b13-11-,19-17-,25-23-. The largest absolute Gasteiger partial charge is 0.480 e. The van der Waals surface area contributed by atoms with E-state index in [2.05, 4.69) is 55.6 Å². The van der Waals surface area contributed by atoms with Gasteiger partial charge in [0.25, 0.3) is 0 Å². The number of hydrogen-bond acceptors (Lipinski definition) is 8. The van der Waals surface area contributed by atoms with Gasteiger partial charge in [-0.2, -0.15) is 0 Å². The molecule has 1 amide bonds. The number of carbonyl (C=O) groups is 3. The van der Waals surface area contributed by atoms with E-state index in [1.54, 1.807) is 0 Å². The van der Waals surface area contributed by atoms with Gasteiger partial charge in [0.05, 0.1) is 13.2 Å². The molecule has 0 aromatic carbocycles. The van der Waals surface area contributed by atoms with Crippen molar-refractivity contribution in [1.82, 2.24) is 5.32 Å². The number of ether oxygens (including phenoxy) is 1. The smallest absolute Gasteiger partial charge is 0.472 e. The van der Waals surface area contributed by atoms with E-state index in [9.17, 15) is 34.1 Å². The van der Waals surface area contributed by atoms with Crippen LogP contribution in [0.15, 0.2) is 36.5 Å². The van der Waals surface area contributed by atoms with Gasteiger partial charge >= 0.3 is 19.8 Å². The van der Waals surface area contributed by atoms with E-state index in [0.717, 1.165) is 57.8 Å². The molecule has 0 aliphatic rings. The van der Waals surface area contributed by atoms with Crippen LogP contribution in [0, 0.1) is 0 Å². The summed E-state index contributed by atoms with van der Waals surface area (Å²) >= 11 is 0. The summed E-state index contributed by atoms with van der Waals surface area (Å²) in [5, 5.41) is 22.0. The summed E-state index contributed by atoms with van der Waals surface area (Å²) in [6, 6.07) is -1.55. The van der Waals surface area contributed by atoms with Gasteiger partial charge in [0.1, 0.15) is 12.7 Å². The molecular formula is C56H104NO10P. The summed E-state index contributed by atoms with van der Waals surface area (Å²) in [6.45, 7) is 2.62. The third-order valence-corrected chi connectivity index (χ3v) is 13.4. The number of unbranched alkanes of at least 4 members (excludes halogenated alkanes) is 33. The van der Waals surface area contributed by atoms with Crippen molar-refractivity contribution in [3.63, 3.8) is 0 Å². The van der Waals surface area contributed by atoms with Gasteiger partial charge in [0.15, 0.2) is 6.04 Å². The Kier molecular flexibility index (Phi) is 49.3. The van der Waals surface area contributed by atoms with E-state index in [0.29, 0.717) is 12.8 Å². The Labute approximate surface area is 416 Å². The Bertz CT molecular complexity index is 1290. The van der Waals surface area contributed by atoms with E-state index >= 15 is 0 Å². The zero-order valence-electron chi connectivity index (χ0n) is 43.7. The van der Waals surface area contributed by atoms with Crippen LogP contribution in [0.1, 0.15) is 271 Å². The molecule has 3 unspecified atom stereocenters. The number of aliphatic hydroxyl groups is 1. The third kappa shape index (κ3) is 50.1. The monoisotopic (exact) mass is 982 g/mol. The molecule has 12 heteroatoms. The van der Waals surface area contributed by atoms with Crippen molar-refractivity contribution in [2.45, 2.75) is 283 Å². The molecule has 0 aliphatic carbocycles. The number of carboxylic acids is 1. The first kappa shape index (κ1) is 65.7. The molecule has 3 atom stereocenters. The molecule has 0 rings (SSSR count). The number of carbonyl (C=O) groups excluding carboxylic acids is 2. The Hall–Kier alpha value is -2.30. The highest BCUT2D eigenvalue weighted by Gasteiger charge is 2.28. The molecule has 0 spiro atoms. The molecule has 0 radical (unpaired) electrons. The SMILES string of the molecule is CCCCC/C=C\C/C=C\C/C=C\CCCCCCCCCCCCC(=O)OCC(O)COP(=O)(O)OCC(NC(=O)CCCCCCCCCCCCCCCCCCCCCCC)C(=O)O. The molecule has 0 fully saturated rings. The number of amides is 1. The number of phosphoric ester groups is 1. The highest BCUT2D eigenvalue weighted by molar-refractivity contribution is 7.47. The highest BCUT2D eigenvalue weighted by atomic mass is 31.2. The first-order chi connectivity index (χ1) is 33.1. The van der Waals surface area contributed by atoms with Crippen molar-refractivity contribution in [1.29, 1.82) is 0 Å². The van der Waals surface area contributed by atoms with Gasteiger partial charge in [-0.05, 0) is 51.4 Å². The molecule has 11 nitrogen and oxygen atoms in total. The first-order valence-corrected chi connectivity index (χ1v) is 29.5. The minimum Gasteiger partial charge on any atom is -0.480 e. The quantitative estimate of drug-likeness (QED) is 0.0199. The molecular weight excluding hydrogens is 878 g/mol. The van der Waals surface area contributed by atoms with Gasteiger partial charge in [-0.3, -0.25) is 18.6 Å². The van der Waals surface area contributed by atoms with E-state index in [1.165, 1.54) is 173 Å². The van der Waals surface area contributed by atoms with Crippen LogP contribution < -0.4 is 5.32 Å². The second-order valence-corrected chi connectivity index (χ2v) is 20.6. The van der Waals surface area contributed by atoms with Crippen LogP contribution in [0.2, 0.25) is 0 Å². The van der Waals surface area contributed by atoms with Crippen LogP contribution in [-0.4, -0.2) is 64.9 Å². The third-order valence-electron chi connectivity index (χ3n) is 12.4. The van der Waals surface area contributed by atoms with Crippen molar-refractivity contribution in [2.75, 3.05) is 19.8 Å². The number of hydrogen-bond donors (Lipinski definition) is 4. The maximum atomic E-state index is 12.4. The number of esters is 1. The predicted octanol–water partition coefficient (Wildman–Crippen LogP) is 15.9. The van der Waals surface area contributed by atoms with E-state index in [4.69, 9.17) is 13.8 Å². The van der Waals surface area contributed by atoms with Crippen LogP contribution in [0.3, 0.4) is 0 Å². The van der Waals surface area contributed by atoms with Crippen LogP contribution in [0.4, 0.5) is 0 Å². The molecule has 68 heavy (non-hydrogen) atoms. The topological polar surface area (TPSA) is 169 Å². The fraction of sp³-hybridized carbons (Fsp3) is 0.839. The van der Waals surface area contributed by atoms with Gasteiger partial charge in [-0.25, -0.2) is 9.36 Å².